The fraction of sp³-hybridized carbons (Fsp3) is 1.00. The minimum Gasteiger partial charge on any atom is -0.385 e. The number of hydrogen-bond donors (Lipinski definition) is 1. The number of hydrogen-bond acceptors (Lipinski definition) is 6. The zero-order valence-electron chi connectivity index (χ0n) is 11.1. The van der Waals surface area contributed by atoms with Crippen molar-refractivity contribution in [2.45, 2.75) is 63.4 Å². The molecule has 0 saturated carbocycles. The molecule has 3 rings (SSSR count). The Morgan fingerprint density at radius 2 is 1.72 bits per heavy atom. The second kappa shape index (κ2) is 3.65. The summed E-state index contributed by atoms with van der Waals surface area (Å²) in [7, 11) is 0. The zero-order valence-corrected chi connectivity index (χ0v) is 11.1. The molecule has 0 aromatic carbocycles. The monoisotopic (exact) mass is 260 g/mol. The lowest BCUT2D eigenvalue weighted by molar-refractivity contribution is -0.326. The summed E-state index contributed by atoms with van der Waals surface area (Å²) in [5.41, 5.74) is 0. The van der Waals surface area contributed by atoms with E-state index in [9.17, 15) is 5.11 Å². The average Bonchev–Trinajstić information content (AvgIpc) is 2.71. The molecule has 0 aromatic heterocycles. The Kier molecular flexibility index (Phi) is 2.59. The lowest BCUT2D eigenvalue weighted by atomic mass is 9.97. The molecule has 6 nitrogen and oxygen atoms in total. The van der Waals surface area contributed by atoms with Gasteiger partial charge in [-0.05, 0) is 27.7 Å². The predicted octanol–water partition coefficient (Wildman–Crippen LogP) is 0.377. The van der Waals surface area contributed by atoms with Crippen LogP contribution in [-0.4, -0.2) is 54.0 Å². The van der Waals surface area contributed by atoms with Gasteiger partial charge in [-0.1, -0.05) is 0 Å². The molecule has 104 valence electrons. The van der Waals surface area contributed by atoms with E-state index in [0.29, 0.717) is 6.61 Å². The van der Waals surface area contributed by atoms with Gasteiger partial charge in [0.25, 0.3) is 0 Å². The summed E-state index contributed by atoms with van der Waals surface area (Å²) < 4.78 is 28.3. The van der Waals surface area contributed by atoms with E-state index >= 15 is 0 Å². The Bertz CT molecular complexity index is 352. The minimum absolute atomic E-state index is 0.189. The number of aliphatic hydroxyl groups excluding tert-OH is 1. The summed E-state index contributed by atoms with van der Waals surface area (Å²) in [6.45, 7) is 7.74. The van der Waals surface area contributed by atoms with Crippen molar-refractivity contribution in [3.63, 3.8) is 0 Å². The van der Waals surface area contributed by atoms with Crippen LogP contribution in [0.2, 0.25) is 0 Å². The summed E-state index contributed by atoms with van der Waals surface area (Å²) in [5.74, 6) is -2.61. The molecular formula is C12H20O6. The highest BCUT2D eigenvalue weighted by Gasteiger charge is 2.62. The van der Waals surface area contributed by atoms with Crippen LogP contribution in [0.15, 0.2) is 0 Å². The third-order valence-corrected chi connectivity index (χ3v) is 3.51. The number of rotatable bonds is 0. The molecule has 6 heteroatoms. The lowest BCUT2D eigenvalue weighted by Gasteiger charge is -2.41. The molecule has 0 bridgehead atoms. The van der Waals surface area contributed by atoms with Crippen LogP contribution < -0.4 is 0 Å². The summed E-state index contributed by atoms with van der Waals surface area (Å²) in [6.07, 6.45) is -1.65. The van der Waals surface area contributed by atoms with Crippen LogP contribution in [0.3, 0.4) is 0 Å². The molecule has 3 aliphatic rings. The minimum atomic E-state index is -1.14. The standard InChI is InChI=1S/C12H20O6/c1-10(2)15-6-12(18-10)9(13)8-7(5-14-12)16-11(3,4)17-8/h7-9,13H,5-6H2,1-4H3/t7-,8+,9?,12+/m1/s1. The number of ether oxygens (including phenoxy) is 5. The molecule has 0 amide bonds. The first-order valence-electron chi connectivity index (χ1n) is 6.25. The topological polar surface area (TPSA) is 66.4 Å². The van der Waals surface area contributed by atoms with Crippen molar-refractivity contribution < 1.29 is 28.8 Å². The van der Waals surface area contributed by atoms with Gasteiger partial charge in [0.2, 0.25) is 5.79 Å². The Labute approximate surface area is 106 Å². The summed E-state index contributed by atoms with van der Waals surface area (Å²) in [6, 6.07) is 0. The van der Waals surface area contributed by atoms with Gasteiger partial charge in [-0.2, -0.15) is 0 Å². The maximum Gasteiger partial charge on any atom is 0.224 e. The van der Waals surface area contributed by atoms with E-state index in [2.05, 4.69) is 0 Å². The van der Waals surface area contributed by atoms with E-state index in [-0.39, 0.29) is 12.7 Å². The van der Waals surface area contributed by atoms with Crippen molar-refractivity contribution in [3.8, 4) is 0 Å². The maximum absolute atomic E-state index is 10.5. The van der Waals surface area contributed by atoms with Gasteiger partial charge in [0.05, 0.1) is 6.61 Å². The van der Waals surface area contributed by atoms with Crippen LogP contribution in [0.5, 0.6) is 0 Å². The molecule has 1 N–H and O–H groups in total. The van der Waals surface area contributed by atoms with E-state index in [4.69, 9.17) is 23.7 Å². The molecule has 0 radical (unpaired) electrons. The molecule has 3 aliphatic heterocycles. The maximum atomic E-state index is 10.5. The van der Waals surface area contributed by atoms with Crippen LogP contribution in [-0.2, 0) is 23.7 Å². The van der Waals surface area contributed by atoms with Crippen LogP contribution >= 0.6 is 0 Å². The molecule has 1 unspecified atom stereocenters. The van der Waals surface area contributed by atoms with Gasteiger partial charge < -0.3 is 28.8 Å². The normalized spacial score (nSPS) is 49.5. The summed E-state index contributed by atoms with van der Waals surface area (Å²) in [5, 5.41) is 10.5. The molecule has 3 heterocycles. The van der Waals surface area contributed by atoms with E-state index < -0.39 is 29.6 Å². The van der Waals surface area contributed by atoms with Crippen LogP contribution in [0.4, 0.5) is 0 Å². The van der Waals surface area contributed by atoms with Gasteiger partial charge in [-0.3, -0.25) is 0 Å². The van der Waals surface area contributed by atoms with E-state index in [1.807, 2.05) is 13.8 Å². The van der Waals surface area contributed by atoms with Crippen molar-refractivity contribution in [1.82, 2.24) is 0 Å². The van der Waals surface area contributed by atoms with E-state index in [1.165, 1.54) is 0 Å². The van der Waals surface area contributed by atoms with Crippen molar-refractivity contribution in [2.75, 3.05) is 13.2 Å². The molecule has 3 fully saturated rings. The molecule has 0 aliphatic carbocycles. The Hall–Kier alpha value is -0.240. The van der Waals surface area contributed by atoms with Crippen molar-refractivity contribution >= 4 is 0 Å². The largest absolute Gasteiger partial charge is 0.385 e. The fourth-order valence-corrected chi connectivity index (χ4v) is 2.78. The fourth-order valence-electron chi connectivity index (χ4n) is 2.78. The zero-order chi connectivity index (χ0) is 13.2. The Morgan fingerprint density at radius 1 is 1.00 bits per heavy atom. The van der Waals surface area contributed by atoms with E-state index in [1.54, 1.807) is 13.8 Å². The predicted molar refractivity (Wildman–Crippen MR) is 59.6 cm³/mol. The molecule has 0 aromatic rings. The quantitative estimate of drug-likeness (QED) is 0.679. The SMILES string of the molecule is CC1(C)O[C@@H]2C(O)[C@@]3(COC(C)(C)O3)OC[C@H]2O1. The highest BCUT2D eigenvalue weighted by Crippen LogP contribution is 2.43. The molecule has 4 atom stereocenters. The second-order valence-corrected chi connectivity index (χ2v) is 6.00. The van der Waals surface area contributed by atoms with Gasteiger partial charge in [0.1, 0.15) is 24.9 Å². The van der Waals surface area contributed by atoms with Crippen LogP contribution in [0, 0.1) is 0 Å². The van der Waals surface area contributed by atoms with Crippen molar-refractivity contribution in [1.29, 1.82) is 0 Å². The molecule has 3 saturated heterocycles. The number of fused-ring (bicyclic) bond motifs is 1. The van der Waals surface area contributed by atoms with Gasteiger partial charge in [-0.15, -0.1) is 0 Å². The van der Waals surface area contributed by atoms with Gasteiger partial charge in [0.15, 0.2) is 11.6 Å². The van der Waals surface area contributed by atoms with E-state index in [0.717, 1.165) is 0 Å². The molecule has 1 spiro atoms. The Balaban J connectivity index is 1.82. The average molecular weight is 260 g/mol. The second-order valence-electron chi connectivity index (χ2n) is 6.00. The van der Waals surface area contributed by atoms with Gasteiger partial charge in [0, 0.05) is 0 Å². The van der Waals surface area contributed by atoms with Gasteiger partial charge in [-0.25, -0.2) is 0 Å². The highest BCUT2D eigenvalue weighted by molar-refractivity contribution is 5.00. The summed E-state index contributed by atoms with van der Waals surface area (Å²) in [4.78, 5) is 0. The summed E-state index contributed by atoms with van der Waals surface area (Å²) >= 11 is 0. The third kappa shape index (κ3) is 1.88. The van der Waals surface area contributed by atoms with Crippen molar-refractivity contribution in [3.05, 3.63) is 0 Å². The molecule has 18 heavy (non-hydrogen) atoms. The number of aliphatic hydroxyl groups is 1. The van der Waals surface area contributed by atoms with Crippen molar-refractivity contribution in [2.24, 2.45) is 0 Å². The highest BCUT2D eigenvalue weighted by atomic mass is 16.9. The van der Waals surface area contributed by atoms with Crippen LogP contribution in [0.1, 0.15) is 27.7 Å². The lowest BCUT2D eigenvalue weighted by Crippen LogP contribution is -2.61. The Morgan fingerprint density at radius 3 is 2.33 bits per heavy atom. The smallest absolute Gasteiger partial charge is 0.224 e. The van der Waals surface area contributed by atoms with Gasteiger partial charge >= 0.3 is 0 Å². The molecular weight excluding hydrogens is 240 g/mol. The first-order valence-corrected chi connectivity index (χ1v) is 6.25. The van der Waals surface area contributed by atoms with Crippen LogP contribution in [0.25, 0.3) is 0 Å². The first-order chi connectivity index (χ1) is 8.23. The first kappa shape index (κ1) is 12.8. The third-order valence-electron chi connectivity index (χ3n) is 3.51.